The summed E-state index contributed by atoms with van der Waals surface area (Å²) in [6.45, 7) is 6.64. The Hall–Kier alpha value is -0.330. The minimum Gasteiger partial charge on any atom is -0.299 e. The zero-order chi connectivity index (χ0) is 8.93. The number of fused-ring (bicyclic) bond motifs is 2. The lowest BCUT2D eigenvalue weighted by Crippen LogP contribution is -2.55. The van der Waals surface area contributed by atoms with E-state index in [0.717, 1.165) is 6.42 Å². The Morgan fingerprint density at radius 1 is 1.50 bits per heavy atom. The van der Waals surface area contributed by atoms with Gasteiger partial charge in [0.25, 0.3) is 0 Å². The third-order valence-corrected chi connectivity index (χ3v) is 4.00. The fraction of sp³-hybridized carbons (Fsp3) is 0.909. The van der Waals surface area contributed by atoms with E-state index in [1.807, 2.05) is 0 Å². The first-order chi connectivity index (χ1) is 5.54. The molecule has 3 saturated carbocycles. The number of ketones is 1. The summed E-state index contributed by atoms with van der Waals surface area (Å²) >= 11 is 0. The summed E-state index contributed by atoms with van der Waals surface area (Å²) < 4.78 is 0. The summed E-state index contributed by atoms with van der Waals surface area (Å²) in [7, 11) is 0. The van der Waals surface area contributed by atoms with Gasteiger partial charge in [-0.05, 0) is 31.1 Å². The van der Waals surface area contributed by atoms with Crippen molar-refractivity contribution in [2.24, 2.45) is 23.2 Å². The van der Waals surface area contributed by atoms with Gasteiger partial charge in [-0.25, -0.2) is 0 Å². The predicted octanol–water partition coefficient (Wildman–Crippen LogP) is 2.65. The largest absolute Gasteiger partial charge is 0.299 e. The van der Waals surface area contributed by atoms with Crippen molar-refractivity contribution in [3.63, 3.8) is 0 Å². The van der Waals surface area contributed by atoms with E-state index in [-0.39, 0.29) is 5.41 Å². The average Bonchev–Trinajstić information content (AvgIpc) is 2.03. The van der Waals surface area contributed by atoms with E-state index in [0.29, 0.717) is 23.5 Å². The van der Waals surface area contributed by atoms with Crippen LogP contribution in [0.3, 0.4) is 0 Å². The number of carbonyl (C=O) groups is 1. The van der Waals surface area contributed by atoms with Crippen LogP contribution in [0.15, 0.2) is 0 Å². The minimum atomic E-state index is 0.107. The monoisotopic (exact) mass is 166 g/mol. The van der Waals surface area contributed by atoms with Crippen molar-refractivity contribution in [2.45, 2.75) is 40.0 Å². The van der Waals surface area contributed by atoms with Crippen LogP contribution in [0.2, 0.25) is 0 Å². The second-order valence-corrected chi connectivity index (χ2v) is 5.18. The Morgan fingerprint density at radius 2 is 2.17 bits per heavy atom. The summed E-state index contributed by atoms with van der Waals surface area (Å²) in [6, 6.07) is 0. The number of rotatable bonds is 1. The van der Waals surface area contributed by atoms with Gasteiger partial charge in [0.15, 0.2) is 0 Å². The van der Waals surface area contributed by atoms with E-state index >= 15 is 0 Å². The summed E-state index contributed by atoms with van der Waals surface area (Å²) in [6.07, 6.45) is 3.60. The van der Waals surface area contributed by atoms with Crippen molar-refractivity contribution >= 4 is 5.78 Å². The SMILES string of the molecule is CC(C)[C@H]1CCC2(C)C[C@H]1C2=O. The molecule has 1 heteroatoms. The molecule has 0 aliphatic heterocycles. The molecule has 0 aromatic carbocycles. The van der Waals surface area contributed by atoms with Gasteiger partial charge in [0.1, 0.15) is 5.78 Å². The van der Waals surface area contributed by atoms with Crippen molar-refractivity contribution in [1.29, 1.82) is 0 Å². The lowest BCUT2D eigenvalue weighted by Gasteiger charge is -2.53. The predicted molar refractivity (Wildman–Crippen MR) is 48.8 cm³/mol. The quantitative estimate of drug-likeness (QED) is 0.585. The van der Waals surface area contributed by atoms with Gasteiger partial charge in [0, 0.05) is 11.3 Å². The molecule has 0 amide bonds. The zero-order valence-corrected chi connectivity index (χ0v) is 8.26. The second kappa shape index (κ2) is 2.34. The summed E-state index contributed by atoms with van der Waals surface area (Å²) in [5, 5.41) is 0. The van der Waals surface area contributed by atoms with Gasteiger partial charge >= 0.3 is 0 Å². The van der Waals surface area contributed by atoms with E-state index in [4.69, 9.17) is 0 Å². The Balaban J connectivity index is 2.13. The standard InChI is InChI=1S/C11H18O/c1-7(2)8-4-5-11(3)6-9(8)10(11)12/h7-9H,4-6H2,1-3H3/t8-,9-,11?/m1/s1. The molecule has 0 saturated heterocycles. The molecule has 3 aliphatic carbocycles. The van der Waals surface area contributed by atoms with Gasteiger partial charge < -0.3 is 0 Å². The van der Waals surface area contributed by atoms with Gasteiger partial charge in [-0.3, -0.25) is 4.79 Å². The van der Waals surface area contributed by atoms with E-state index < -0.39 is 0 Å². The summed E-state index contributed by atoms with van der Waals surface area (Å²) in [4.78, 5) is 11.7. The van der Waals surface area contributed by atoms with Gasteiger partial charge in [0.2, 0.25) is 0 Å². The van der Waals surface area contributed by atoms with Crippen molar-refractivity contribution in [3.8, 4) is 0 Å². The molecule has 0 spiro atoms. The van der Waals surface area contributed by atoms with Crippen molar-refractivity contribution in [2.75, 3.05) is 0 Å². The van der Waals surface area contributed by atoms with Gasteiger partial charge in [-0.1, -0.05) is 20.8 Å². The maximum absolute atomic E-state index is 11.7. The average molecular weight is 166 g/mol. The van der Waals surface area contributed by atoms with Crippen LogP contribution in [0.25, 0.3) is 0 Å². The lowest BCUT2D eigenvalue weighted by atomic mass is 9.49. The molecular weight excluding hydrogens is 148 g/mol. The van der Waals surface area contributed by atoms with Crippen LogP contribution < -0.4 is 0 Å². The van der Waals surface area contributed by atoms with Crippen molar-refractivity contribution in [3.05, 3.63) is 0 Å². The molecule has 12 heavy (non-hydrogen) atoms. The molecule has 3 aliphatic rings. The van der Waals surface area contributed by atoms with E-state index in [9.17, 15) is 4.79 Å². The third kappa shape index (κ3) is 0.884. The number of carbonyl (C=O) groups excluding carboxylic acids is 1. The highest BCUT2D eigenvalue weighted by molar-refractivity contribution is 5.93. The molecule has 0 aromatic heterocycles. The number of hydrogen-bond acceptors (Lipinski definition) is 1. The van der Waals surface area contributed by atoms with Crippen LogP contribution in [0.1, 0.15) is 40.0 Å². The Bertz CT molecular complexity index is 215. The first kappa shape index (κ1) is 8.28. The van der Waals surface area contributed by atoms with Crippen molar-refractivity contribution < 1.29 is 4.79 Å². The maximum Gasteiger partial charge on any atom is 0.142 e. The molecule has 0 heterocycles. The Labute approximate surface area is 74.5 Å². The van der Waals surface area contributed by atoms with E-state index in [1.165, 1.54) is 12.8 Å². The number of Topliss-reactive ketones (excluding diaryl/α,β-unsaturated/α-hetero) is 1. The maximum atomic E-state index is 11.7. The molecule has 2 bridgehead atoms. The molecule has 3 atom stereocenters. The first-order valence-electron chi connectivity index (χ1n) is 5.09. The lowest BCUT2D eigenvalue weighted by molar-refractivity contribution is -0.157. The normalized spacial score (nSPS) is 46.2. The zero-order valence-electron chi connectivity index (χ0n) is 8.26. The number of hydrogen-bond donors (Lipinski definition) is 0. The smallest absolute Gasteiger partial charge is 0.142 e. The minimum absolute atomic E-state index is 0.107. The molecule has 0 aromatic rings. The highest BCUT2D eigenvalue weighted by Gasteiger charge is 2.56. The topological polar surface area (TPSA) is 17.1 Å². The fourth-order valence-electron chi connectivity index (χ4n) is 3.05. The second-order valence-electron chi connectivity index (χ2n) is 5.18. The molecule has 3 rings (SSSR count). The van der Waals surface area contributed by atoms with Crippen LogP contribution in [0, 0.1) is 23.2 Å². The first-order valence-corrected chi connectivity index (χ1v) is 5.09. The van der Waals surface area contributed by atoms with Crippen LogP contribution in [0.4, 0.5) is 0 Å². The van der Waals surface area contributed by atoms with Gasteiger partial charge in [-0.2, -0.15) is 0 Å². The van der Waals surface area contributed by atoms with E-state index in [2.05, 4.69) is 20.8 Å². The molecule has 1 unspecified atom stereocenters. The van der Waals surface area contributed by atoms with Crippen LogP contribution in [0.5, 0.6) is 0 Å². The van der Waals surface area contributed by atoms with Gasteiger partial charge in [0.05, 0.1) is 0 Å². The third-order valence-electron chi connectivity index (χ3n) is 4.00. The van der Waals surface area contributed by atoms with E-state index in [1.54, 1.807) is 0 Å². The van der Waals surface area contributed by atoms with Gasteiger partial charge in [-0.15, -0.1) is 0 Å². The Kier molecular flexibility index (Phi) is 1.61. The van der Waals surface area contributed by atoms with Crippen LogP contribution in [-0.4, -0.2) is 5.78 Å². The molecule has 3 fully saturated rings. The molecule has 0 radical (unpaired) electrons. The van der Waals surface area contributed by atoms with Crippen LogP contribution in [-0.2, 0) is 4.79 Å². The highest BCUT2D eigenvalue weighted by atomic mass is 16.1. The summed E-state index contributed by atoms with van der Waals surface area (Å²) in [5.41, 5.74) is 0.107. The fourth-order valence-corrected chi connectivity index (χ4v) is 3.05. The molecular formula is C11H18O. The van der Waals surface area contributed by atoms with Crippen LogP contribution >= 0.6 is 0 Å². The van der Waals surface area contributed by atoms with Crippen molar-refractivity contribution in [1.82, 2.24) is 0 Å². The molecule has 1 nitrogen and oxygen atoms in total. The molecule has 0 N–H and O–H groups in total. The molecule has 68 valence electrons. The summed E-state index contributed by atoms with van der Waals surface area (Å²) in [5.74, 6) is 2.39. The highest BCUT2D eigenvalue weighted by Crippen LogP contribution is 2.56. The Morgan fingerprint density at radius 3 is 2.58 bits per heavy atom.